The normalized spacial score (nSPS) is 10.0. The molecule has 0 saturated heterocycles. The van der Waals surface area contributed by atoms with E-state index in [1.54, 1.807) is 30.3 Å². The molecule has 1 aromatic heterocycles. The van der Waals surface area contributed by atoms with Crippen molar-refractivity contribution in [3.05, 3.63) is 83.3 Å². The largest absolute Gasteiger partial charge is 0.366 e. The standard InChI is InChI=1S/C20H17N5O/c1-14-2-4-16(5-3-14)12-22-19-10-18(23-13-24-19)20(26)25-17-8-6-15(11-21)7-9-17/h2-10,13H,12H2,1H3,(H,25,26)(H,22,23,24). The zero-order valence-electron chi connectivity index (χ0n) is 14.2. The summed E-state index contributed by atoms with van der Waals surface area (Å²) >= 11 is 0. The average molecular weight is 343 g/mol. The Hall–Kier alpha value is -3.72. The Morgan fingerprint density at radius 3 is 2.50 bits per heavy atom. The number of hydrogen-bond acceptors (Lipinski definition) is 5. The Balaban J connectivity index is 1.64. The van der Waals surface area contributed by atoms with Gasteiger partial charge in [-0.25, -0.2) is 9.97 Å². The van der Waals surface area contributed by atoms with E-state index in [1.165, 1.54) is 11.9 Å². The van der Waals surface area contributed by atoms with Crippen LogP contribution in [0.25, 0.3) is 0 Å². The number of carbonyl (C=O) groups is 1. The van der Waals surface area contributed by atoms with Crippen molar-refractivity contribution >= 4 is 17.4 Å². The lowest BCUT2D eigenvalue weighted by Crippen LogP contribution is -2.14. The molecule has 26 heavy (non-hydrogen) atoms. The molecule has 0 atom stereocenters. The van der Waals surface area contributed by atoms with E-state index in [-0.39, 0.29) is 11.6 Å². The number of carbonyl (C=O) groups excluding carboxylic acids is 1. The first-order valence-electron chi connectivity index (χ1n) is 8.07. The van der Waals surface area contributed by atoms with E-state index in [0.717, 1.165) is 5.56 Å². The van der Waals surface area contributed by atoms with Crippen LogP contribution >= 0.6 is 0 Å². The predicted octanol–water partition coefficient (Wildman–Crippen LogP) is 3.52. The van der Waals surface area contributed by atoms with Gasteiger partial charge in [-0.3, -0.25) is 4.79 Å². The zero-order chi connectivity index (χ0) is 18.4. The minimum absolute atomic E-state index is 0.260. The SMILES string of the molecule is Cc1ccc(CNc2cc(C(=O)Nc3ccc(C#N)cc3)ncn2)cc1. The van der Waals surface area contributed by atoms with Crippen LogP contribution in [0.15, 0.2) is 60.9 Å². The summed E-state index contributed by atoms with van der Waals surface area (Å²) in [5, 5.41) is 14.7. The minimum Gasteiger partial charge on any atom is -0.366 e. The smallest absolute Gasteiger partial charge is 0.274 e. The van der Waals surface area contributed by atoms with Gasteiger partial charge >= 0.3 is 0 Å². The first-order valence-corrected chi connectivity index (χ1v) is 8.07. The molecule has 0 saturated carbocycles. The second-order valence-corrected chi connectivity index (χ2v) is 5.77. The van der Waals surface area contributed by atoms with Crippen LogP contribution in [-0.4, -0.2) is 15.9 Å². The molecule has 2 aromatic carbocycles. The van der Waals surface area contributed by atoms with Gasteiger partial charge in [-0.2, -0.15) is 5.26 Å². The number of nitrogens with zero attached hydrogens (tertiary/aromatic N) is 3. The Labute approximate surface area is 151 Å². The Kier molecular flexibility index (Phi) is 5.20. The first-order chi connectivity index (χ1) is 12.6. The fraction of sp³-hybridized carbons (Fsp3) is 0.100. The summed E-state index contributed by atoms with van der Waals surface area (Å²) in [4.78, 5) is 20.5. The van der Waals surface area contributed by atoms with Crippen LogP contribution in [0.5, 0.6) is 0 Å². The van der Waals surface area contributed by atoms with Crippen LogP contribution in [-0.2, 0) is 6.54 Å². The molecule has 0 radical (unpaired) electrons. The molecule has 0 unspecified atom stereocenters. The van der Waals surface area contributed by atoms with Crippen molar-refractivity contribution in [3.63, 3.8) is 0 Å². The molecule has 2 N–H and O–H groups in total. The fourth-order valence-corrected chi connectivity index (χ4v) is 2.30. The molecule has 0 bridgehead atoms. The van der Waals surface area contributed by atoms with Crippen molar-refractivity contribution in [2.45, 2.75) is 13.5 Å². The molecule has 0 spiro atoms. The summed E-state index contributed by atoms with van der Waals surface area (Å²) < 4.78 is 0. The minimum atomic E-state index is -0.338. The van der Waals surface area contributed by atoms with Gasteiger partial charge in [0.05, 0.1) is 11.6 Å². The molecule has 6 nitrogen and oxygen atoms in total. The van der Waals surface area contributed by atoms with E-state index in [1.807, 2.05) is 37.3 Å². The lowest BCUT2D eigenvalue weighted by Gasteiger charge is -2.08. The van der Waals surface area contributed by atoms with E-state index in [0.29, 0.717) is 23.6 Å². The second-order valence-electron chi connectivity index (χ2n) is 5.77. The maximum atomic E-state index is 12.3. The maximum absolute atomic E-state index is 12.3. The molecular formula is C20H17N5O. The second kappa shape index (κ2) is 7.90. The molecule has 0 fully saturated rings. The van der Waals surface area contributed by atoms with Crippen LogP contribution in [0.2, 0.25) is 0 Å². The highest BCUT2D eigenvalue weighted by atomic mass is 16.1. The van der Waals surface area contributed by atoms with Crippen molar-refractivity contribution in [2.24, 2.45) is 0 Å². The molecule has 0 aliphatic carbocycles. The third kappa shape index (κ3) is 4.42. The summed E-state index contributed by atoms with van der Waals surface area (Å²) in [5.74, 6) is 0.237. The molecule has 1 amide bonds. The van der Waals surface area contributed by atoms with Gasteiger partial charge in [0, 0.05) is 18.3 Å². The van der Waals surface area contributed by atoms with Crippen molar-refractivity contribution in [3.8, 4) is 6.07 Å². The van der Waals surface area contributed by atoms with Crippen molar-refractivity contribution < 1.29 is 4.79 Å². The summed E-state index contributed by atoms with van der Waals surface area (Å²) in [5.41, 5.74) is 3.72. The summed E-state index contributed by atoms with van der Waals surface area (Å²) in [7, 11) is 0. The molecule has 3 aromatic rings. The highest BCUT2D eigenvalue weighted by molar-refractivity contribution is 6.03. The Bertz CT molecular complexity index is 943. The molecule has 0 aliphatic heterocycles. The van der Waals surface area contributed by atoms with Gasteiger partial charge in [0.15, 0.2) is 0 Å². The summed E-state index contributed by atoms with van der Waals surface area (Å²) in [6.45, 7) is 2.65. The average Bonchev–Trinajstić information content (AvgIpc) is 2.68. The molecule has 1 heterocycles. The van der Waals surface area contributed by atoms with Crippen LogP contribution < -0.4 is 10.6 Å². The van der Waals surface area contributed by atoms with Crippen LogP contribution in [0.3, 0.4) is 0 Å². The molecule has 128 valence electrons. The van der Waals surface area contributed by atoms with E-state index in [2.05, 4.69) is 20.6 Å². The van der Waals surface area contributed by atoms with Crippen LogP contribution in [0.4, 0.5) is 11.5 Å². The van der Waals surface area contributed by atoms with Crippen molar-refractivity contribution in [1.29, 1.82) is 5.26 Å². The van der Waals surface area contributed by atoms with E-state index >= 15 is 0 Å². The van der Waals surface area contributed by atoms with Gasteiger partial charge in [0.25, 0.3) is 5.91 Å². The van der Waals surface area contributed by atoms with E-state index in [4.69, 9.17) is 5.26 Å². The first kappa shape index (κ1) is 17.1. The number of hydrogen-bond donors (Lipinski definition) is 2. The molecular weight excluding hydrogens is 326 g/mol. The number of benzene rings is 2. The zero-order valence-corrected chi connectivity index (χ0v) is 14.2. The highest BCUT2D eigenvalue weighted by Gasteiger charge is 2.09. The summed E-state index contributed by atoms with van der Waals surface area (Å²) in [6.07, 6.45) is 1.35. The number of nitriles is 1. The monoisotopic (exact) mass is 343 g/mol. The quantitative estimate of drug-likeness (QED) is 0.739. The van der Waals surface area contributed by atoms with Gasteiger partial charge in [0.2, 0.25) is 0 Å². The number of aryl methyl sites for hydroxylation is 1. The van der Waals surface area contributed by atoms with Gasteiger partial charge in [0.1, 0.15) is 17.8 Å². The number of rotatable bonds is 5. The maximum Gasteiger partial charge on any atom is 0.274 e. The van der Waals surface area contributed by atoms with Crippen LogP contribution in [0.1, 0.15) is 27.2 Å². The molecule has 3 rings (SSSR count). The van der Waals surface area contributed by atoms with E-state index < -0.39 is 0 Å². The number of amides is 1. The van der Waals surface area contributed by atoms with Crippen molar-refractivity contribution in [2.75, 3.05) is 10.6 Å². The fourth-order valence-electron chi connectivity index (χ4n) is 2.30. The number of anilines is 2. The number of nitrogens with one attached hydrogen (secondary N) is 2. The third-order valence-electron chi connectivity index (χ3n) is 3.77. The van der Waals surface area contributed by atoms with Crippen LogP contribution in [0, 0.1) is 18.3 Å². The Morgan fingerprint density at radius 2 is 1.81 bits per heavy atom. The van der Waals surface area contributed by atoms with Gasteiger partial charge < -0.3 is 10.6 Å². The van der Waals surface area contributed by atoms with Gasteiger partial charge in [-0.1, -0.05) is 29.8 Å². The summed E-state index contributed by atoms with van der Waals surface area (Å²) in [6, 6.07) is 18.5. The topological polar surface area (TPSA) is 90.7 Å². The van der Waals surface area contributed by atoms with Gasteiger partial charge in [-0.05, 0) is 36.8 Å². The molecule has 0 aliphatic rings. The lowest BCUT2D eigenvalue weighted by atomic mass is 10.1. The number of aromatic nitrogens is 2. The highest BCUT2D eigenvalue weighted by Crippen LogP contribution is 2.12. The van der Waals surface area contributed by atoms with Gasteiger partial charge in [-0.15, -0.1) is 0 Å². The van der Waals surface area contributed by atoms with E-state index in [9.17, 15) is 4.79 Å². The third-order valence-corrected chi connectivity index (χ3v) is 3.77. The van der Waals surface area contributed by atoms with Crippen molar-refractivity contribution in [1.82, 2.24) is 9.97 Å². The Morgan fingerprint density at radius 1 is 1.08 bits per heavy atom. The lowest BCUT2D eigenvalue weighted by molar-refractivity contribution is 0.102. The molecule has 6 heteroatoms. The predicted molar refractivity (Wildman–Crippen MR) is 99.6 cm³/mol.